The number of carbonyl (C=O) groups is 4. The molecule has 2 heterocycles. The third kappa shape index (κ3) is 4.45. The standard InChI is InChI=1S/C36H34N2O6S2/c1-9-45(43)25-15-23-28-27-24(34(40)37(35(41)29(25)27)31-19(5)11-17(3)12-20(31)6)16-26(46(44)10-2)30(28)36(42)38(33(23)39)32-21(7)13-18(4)14-22(32)8/h11-16H,9-10H2,1-8H3. The number of hydrogen-bond acceptors (Lipinski definition) is 6. The predicted molar refractivity (Wildman–Crippen MR) is 181 cm³/mol. The van der Waals surface area contributed by atoms with Crippen molar-refractivity contribution in [2.75, 3.05) is 21.3 Å². The first kappa shape index (κ1) is 31.7. The molecule has 2 atom stereocenters. The van der Waals surface area contributed by atoms with E-state index in [9.17, 15) is 27.6 Å². The van der Waals surface area contributed by atoms with Crippen LogP contribution in [0.5, 0.6) is 0 Å². The van der Waals surface area contributed by atoms with Gasteiger partial charge < -0.3 is 0 Å². The number of aryl methyl sites for hydroxylation is 6. The van der Waals surface area contributed by atoms with Crippen LogP contribution in [0.25, 0.3) is 10.8 Å². The summed E-state index contributed by atoms with van der Waals surface area (Å²) in [7, 11) is -3.45. The van der Waals surface area contributed by atoms with Crippen LogP contribution in [0.2, 0.25) is 0 Å². The quantitative estimate of drug-likeness (QED) is 0.218. The van der Waals surface area contributed by atoms with Crippen molar-refractivity contribution >= 4 is 67.4 Å². The van der Waals surface area contributed by atoms with Crippen LogP contribution in [0.3, 0.4) is 0 Å². The van der Waals surface area contributed by atoms with E-state index in [1.807, 2.05) is 65.8 Å². The maximum Gasteiger partial charge on any atom is 0.267 e. The number of amides is 4. The number of carbonyl (C=O) groups excluding carboxylic acids is 4. The molecule has 10 heteroatoms. The molecule has 2 aliphatic rings. The second-order valence-electron chi connectivity index (χ2n) is 12.0. The Morgan fingerprint density at radius 1 is 0.500 bits per heavy atom. The highest BCUT2D eigenvalue weighted by atomic mass is 32.2. The van der Waals surface area contributed by atoms with Crippen molar-refractivity contribution in [3.05, 3.63) is 92.0 Å². The lowest BCUT2D eigenvalue weighted by Crippen LogP contribution is -2.45. The summed E-state index contributed by atoms with van der Waals surface area (Å²) in [5.41, 5.74) is 5.66. The zero-order valence-corrected chi connectivity index (χ0v) is 28.7. The maximum absolute atomic E-state index is 14.5. The molecule has 0 fully saturated rings. The summed E-state index contributed by atoms with van der Waals surface area (Å²) >= 11 is 0. The third-order valence-electron chi connectivity index (χ3n) is 8.77. The van der Waals surface area contributed by atoms with E-state index in [-0.39, 0.29) is 54.3 Å². The summed E-state index contributed by atoms with van der Waals surface area (Å²) in [6, 6.07) is 10.4. The third-order valence-corrected chi connectivity index (χ3v) is 11.4. The Kier molecular flexibility index (Phi) is 7.72. The van der Waals surface area contributed by atoms with Crippen LogP contribution in [-0.4, -0.2) is 43.6 Å². The van der Waals surface area contributed by atoms with E-state index >= 15 is 0 Å². The molecule has 4 aromatic carbocycles. The van der Waals surface area contributed by atoms with Gasteiger partial charge in [-0.15, -0.1) is 0 Å². The van der Waals surface area contributed by atoms with Gasteiger partial charge in [0.25, 0.3) is 23.6 Å². The molecule has 0 N–H and O–H groups in total. The van der Waals surface area contributed by atoms with Gasteiger partial charge in [-0.2, -0.15) is 0 Å². The van der Waals surface area contributed by atoms with Gasteiger partial charge in [0.15, 0.2) is 0 Å². The minimum atomic E-state index is -1.73. The molecule has 0 spiro atoms. The first-order valence-electron chi connectivity index (χ1n) is 15.1. The Balaban J connectivity index is 1.77. The van der Waals surface area contributed by atoms with E-state index in [2.05, 4.69) is 0 Å². The van der Waals surface area contributed by atoms with Crippen LogP contribution < -0.4 is 9.80 Å². The number of nitrogens with zero attached hydrogens (tertiary/aromatic N) is 2. The van der Waals surface area contributed by atoms with E-state index in [1.165, 1.54) is 12.1 Å². The van der Waals surface area contributed by atoms with Crippen LogP contribution in [0.15, 0.2) is 46.2 Å². The number of imide groups is 2. The highest BCUT2D eigenvalue weighted by molar-refractivity contribution is 7.85. The molecule has 46 heavy (non-hydrogen) atoms. The molecule has 0 saturated carbocycles. The molecule has 0 aromatic heterocycles. The van der Waals surface area contributed by atoms with Gasteiger partial charge in [0.1, 0.15) is 0 Å². The van der Waals surface area contributed by atoms with Gasteiger partial charge in [-0.05, 0) is 75.9 Å². The lowest BCUT2D eigenvalue weighted by Gasteiger charge is -2.35. The van der Waals surface area contributed by atoms with Crippen molar-refractivity contribution in [2.45, 2.75) is 65.2 Å². The summed E-state index contributed by atoms with van der Waals surface area (Å²) < 4.78 is 27.4. The van der Waals surface area contributed by atoms with Crippen molar-refractivity contribution in [3.8, 4) is 0 Å². The van der Waals surface area contributed by atoms with Crippen LogP contribution in [-0.2, 0) is 21.6 Å². The summed E-state index contributed by atoms with van der Waals surface area (Å²) in [6.07, 6.45) is 0. The van der Waals surface area contributed by atoms with Gasteiger partial charge in [0.2, 0.25) is 0 Å². The van der Waals surface area contributed by atoms with Crippen LogP contribution in [0.4, 0.5) is 11.4 Å². The van der Waals surface area contributed by atoms with Crippen molar-refractivity contribution in [1.29, 1.82) is 0 Å². The Labute approximate surface area is 272 Å². The van der Waals surface area contributed by atoms with Crippen molar-refractivity contribution in [2.24, 2.45) is 0 Å². The monoisotopic (exact) mass is 654 g/mol. The molecule has 0 aliphatic carbocycles. The fraction of sp³-hybridized carbons (Fsp3) is 0.278. The first-order chi connectivity index (χ1) is 21.7. The largest absolute Gasteiger partial charge is 0.268 e. The molecule has 0 bridgehead atoms. The minimum absolute atomic E-state index is 0.0136. The Bertz CT molecular complexity index is 1970. The summed E-state index contributed by atoms with van der Waals surface area (Å²) in [5.74, 6) is -2.39. The molecular formula is C36H34N2O6S2. The summed E-state index contributed by atoms with van der Waals surface area (Å²) in [6.45, 7) is 14.5. The molecule has 4 amide bonds. The molecule has 2 aliphatic heterocycles. The van der Waals surface area contributed by atoms with Crippen molar-refractivity contribution < 1.29 is 27.6 Å². The predicted octanol–water partition coefficient (Wildman–Crippen LogP) is 6.55. The van der Waals surface area contributed by atoms with Gasteiger partial charge in [-0.1, -0.05) is 49.2 Å². The summed E-state index contributed by atoms with van der Waals surface area (Å²) in [5, 5.41) is 0.210. The fourth-order valence-corrected chi connectivity index (χ4v) is 9.08. The van der Waals surface area contributed by atoms with Crippen LogP contribution in [0.1, 0.15) is 88.7 Å². The van der Waals surface area contributed by atoms with E-state index in [0.717, 1.165) is 20.9 Å². The van der Waals surface area contributed by atoms with Crippen LogP contribution in [0, 0.1) is 41.5 Å². The second-order valence-corrected chi connectivity index (χ2v) is 15.4. The Morgan fingerprint density at radius 3 is 1.09 bits per heavy atom. The topological polar surface area (TPSA) is 109 Å². The zero-order chi connectivity index (χ0) is 33.5. The average molecular weight is 655 g/mol. The Hall–Kier alpha value is -4.28. The van der Waals surface area contributed by atoms with E-state index in [4.69, 9.17) is 0 Å². The van der Waals surface area contributed by atoms with E-state index in [0.29, 0.717) is 33.6 Å². The fourth-order valence-electron chi connectivity index (χ4n) is 7.12. The molecule has 6 rings (SSSR count). The zero-order valence-electron chi connectivity index (χ0n) is 27.0. The molecule has 2 unspecified atom stereocenters. The number of hydrogen-bond donors (Lipinski definition) is 0. The number of benzene rings is 4. The molecule has 8 nitrogen and oxygen atoms in total. The lowest BCUT2D eigenvalue weighted by molar-refractivity contribution is 0.0869. The molecule has 236 valence electrons. The molecule has 0 saturated heterocycles. The van der Waals surface area contributed by atoms with Crippen LogP contribution >= 0.6 is 0 Å². The van der Waals surface area contributed by atoms with Gasteiger partial charge in [-0.25, -0.2) is 9.80 Å². The average Bonchev–Trinajstić information content (AvgIpc) is 2.99. The highest BCUT2D eigenvalue weighted by Crippen LogP contribution is 2.46. The SMILES string of the molecule is CCS(=O)c1cc2c3c(c(S(=O)CC)cc4c3c1C(=O)N(c1c(C)cc(C)cc1C)C4=O)C(=O)N(c1c(C)cc(C)cc1C)C2=O. The highest BCUT2D eigenvalue weighted by Gasteiger charge is 2.45. The van der Waals surface area contributed by atoms with Crippen molar-refractivity contribution in [1.82, 2.24) is 0 Å². The summed E-state index contributed by atoms with van der Waals surface area (Å²) in [4.78, 5) is 60.5. The number of anilines is 2. The smallest absolute Gasteiger partial charge is 0.267 e. The van der Waals surface area contributed by atoms with E-state index in [1.54, 1.807) is 13.8 Å². The second kappa shape index (κ2) is 11.2. The van der Waals surface area contributed by atoms with Gasteiger partial charge >= 0.3 is 0 Å². The van der Waals surface area contributed by atoms with Gasteiger partial charge in [0.05, 0.1) is 65.0 Å². The maximum atomic E-state index is 14.5. The van der Waals surface area contributed by atoms with Gasteiger partial charge in [-0.3, -0.25) is 27.6 Å². The molecule has 4 aromatic rings. The normalized spacial score (nSPS) is 15.7. The first-order valence-corrected chi connectivity index (χ1v) is 17.7. The lowest BCUT2D eigenvalue weighted by atomic mass is 9.84. The number of rotatable bonds is 6. The minimum Gasteiger partial charge on any atom is -0.268 e. The van der Waals surface area contributed by atoms with Gasteiger partial charge in [0, 0.05) is 22.3 Å². The van der Waals surface area contributed by atoms with E-state index < -0.39 is 45.2 Å². The Morgan fingerprint density at radius 2 is 0.804 bits per heavy atom. The molecule has 0 radical (unpaired) electrons. The van der Waals surface area contributed by atoms with Crippen molar-refractivity contribution in [3.63, 3.8) is 0 Å². The molecular weight excluding hydrogens is 621 g/mol.